The first-order valence-electron chi connectivity index (χ1n) is 8.29. The average molecular weight is 361 g/mol. The van der Waals surface area contributed by atoms with Gasteiger partial charge in [-0.25, -0.2) is 18.7 Å². The standard InChI is InChI=1S/C17H21F2N7/c1-6-26-10(3)12(8-20-26)13-7-14(16(18)19)22-17(21-13)23-15-9(2)24-25(5)11(15)4/h7-8,16H,6H2,1-5H3,(H,21,22,23). The first kappa shape index (κ1) is 18.0. The Kier molecular flexibility index (Phi) is 4.71. The number of alkyl halides is 2. The molecule has 3 aromatic rings. The van der Waals surface area contributed by atoms with Crippen molar-refractivity contribution in [1.29, 1.82) is 0 Å². The van der Waals surface area contributed by atoms with Crippen LogP contribution in [0.3, 0.4) is 0 Å². The van der Waals surface area contributed by atoms with Crippen molar-refractivity contribution in [3.8, 4) is 11.3 Å². The van der Waals surface area contributed by atoms with E-state index in [1.165, 1.54) is 6.07 Å². The van der Waals surface area contributed by atoms with Crippen molar-refractivity contribution < 1.29 is 8.78 Å². The van der Waals surface area contributed by atoms with Gasteiger partial charge in [-0.2, -0.15) is 10.2 Å². The molecule has 0 fully saturated rings. The molecule has 0 aliphatic rings. The van der Waals surface area contributed by atoms with E-state index in [9.17, 15) is 8.78 Å². The van der Waals surface area contributed by atoms with E-state index in [4.69, 9.17) is 0 Å². The first-order chi connectivity index (χ1) is 12.3. The maximum atomic E-state index is 13.4. The third-order valence-electron chi connectivity index (χ3n) is 4.39. The van der Waals surface area contributed by atoms with Crippen molar-refractivity contribution in [3.63, 3.8) is 0 Å². The lowest BCUT2D eigenvalue weighted by Gasteiger charge is -2.10. The van der Waals surface area contributed by atoms with Crippen molar-refractivity contribution in [3.05, 3.63) is 35.0 Å². The molecule has 0 spiro atoms. The number of hydrogen-bond acceptors (Lipinski definition) is 5. The van der Waals surface area contributed by atoms with Crippen LogP contribution in [0.2, 0.25) is 0 Å². The predicted octanol–water partition coefficient (Wildman–Crippen LogP) is 3.70. The first-order valence-corrected chi connectivity index (χ1v) is 8.29. The monoisotopic (exact) mass is 361 g/mol. The maximum Gasteiger partial charge on any atom is 0.280 e. The molecule has 0 bridgehead atoms. The normalized spacial score (nSPS) is 11.4. The van der Waals surface area contributed by atoms with Crippen molar-refractivity contribution >= 4 is 11.6 Å². The Morgan fingerprint density at radius 1 is 1.15 bits per heavy atom. The van der Waals surface area contributed by atoms with Crippen LogP contribution in [-0.4, -0.2) is 29.5 Å². The summed E-state index contributed by atoms with van der Waals surface area (Å²) in [6, 6.07) is 1.31. The van der Waals surface area contributed by atoms with E-state index in [-0.39, 0.29) is 11.6 Å². The molecule has 0 aliphatic heterocycles. The molecule has 3 heterocycles. The highest BCUT2D eigenvalue weighted by molar-refractivity contribution is 5.65. The SMILES string of the molecule is CCn1ncc(-c2cc(C(F)F)nc(Nc3c(C)nn(C)c3C)n2)c1C. The van der Waals surface area contributed by atoms with Crippen LogP contribution < -0.4 is 5.32 Å². The zero-order valence-electron chi connectivity index (χ0n) is 15.4. The highest BCUT2D eigenvalue weighted by Crippen LogP contribution is 2.29. The van der Waals surface area contributed by atoms with Crippen LogP contribution in [0, 0.1) is 20.8 Å². The highest BCUT2D eigenvalue weighted by Gasteiger charge is 2.18. The second-order valence-electron chi connectivity index (χ2n) is 6.06. The number of anilines is 2. The van der Waals surface area contributed by atoms with Crippen molar-refractivity contribution in [1.82, 2.24) is 29.5 Å². The minimum Gasteiger partial charge on any atom is -0.321 e. The van der Waals surface area contributed by atoms with E-state index in [0.29, 0.717) is 23.5 Å². The van der Waals surface area contributed by atoms with Gasteiger partial charge in [-0.1, -0.05) is 0 Å². The second-order valence-corrected chi connectivity index (χ2v) is 6.06. The van der Waals surface area contributed by atoms with Gasteiger partial charge in [0.25, 0.3) is 6.43 Å². The molecule has 1 N–H and O–H groups in total. The number of hydrogen-bond donors (Lipinski definition) is 1. The molecule has 0 aliphatic carbocycles. The zero-order valence-corrected chi connectivity index (χ0v) is 15.4. The molecule has 0 aromatic carbocycles. The summed E-state index contributed by atoms with van der Waals surface area (Å²) in [6.07, 6.45) is -1.06. The number of aryl methyl sites for hydroxylation is 3. The molecular weight excluding hydrogens is 340 g/mol. The van der Waals surface area contributed by atoms with E-state index in [1.54, 1.807) is 15.6 Å². The van der Waals surface area contributed by atoms with Crippen molar-refractivity contribution in [2.45, 2.75) is 40.7 Å². The Balaban J connectivity index is 2.08. The third kappa shape index (κ3) is 3.16. The molecule has 7 nitrogen and oxygen atoms in total. The molecule has 0 atom stereocenters. The van der Waals surface area contributed by atoms with Crippen LogP contribution in [0.4, 0.5) is 20.4 Å². The van der Waals surface area contributed by atoms with Gasteiger partial charge in [0.15, 0.2) is 0 Å². The summed E-state index contributed by atoms with van der Waals surface area (Å²) < 4.78 is 30.2. The lowest BCUT2D eigenvalue weighted by molar-refractivity contribution is 0.146. The maximum absolute atomic E-state index is 13.4. The molecule has 0 saturated heterocycles. The Morgan fingerprint density at radius 2 is 1.88 bits per heavy atom. The second kappa shape index (κ2) is 6.81. The summed E-state index contributed by atoms with van der Waals surface area (Å²) in [5, 5.41) is 11.6. The largest absolute Gasteiger partial charge is 0.321 e. The highest BCUT2D eigenvalue weighted by atomic mass is 19.3. The van der Waals surface area contributed by atoms with Gasteiger partial charge >= 0.3 is 0 Å². The van der Waals surface area contributed by atoms with Gasteiger partial charge in [-0.3, -0.25) is 9.36 Å². The minimum atomic E-state index is -2.70. The fourth-order valence-corrected chi connectivity index (χ4v) is 2.85. The number of nitrogens with zero attached hydrogens (tertiary/aromatic N) is 6. The van der Waals surface area contributed by atoms with Crippen LogP contribution in [0.15, 0.2) is 12.3 Å². The van der Waals surface area contributed by atoms with Gasteiger partial charge in [0, 0.05) is 24.8 Å². The minimum absolute atomic E-state index is 0.112. The summed E-state index contributed by atoms with van der Waals surface area (Å²) in [4.78, 5) is 8.40. The Hall–Kier alpha value is -2.84. The van der Waals surface area contributed by atoms with Crippen LogP contribution >= 0.6 is 0 Å². The molecule has 0 saturated carbocycles. The smallest absolute Gasteiger partial charge is 0.280 e. The van der Waals surface area contributed by atoms with Crippen LogP contribution in [0.25, 0.3) is 11.3 Å². The molecule has 138 valence electrons. The summed E-state index contributed by atoms with van der Waals surface area (Å²) in [6.45, 7) is 8.27. The Labute approximate surface area is 150 Å². The van der Waals surface area contributed by atoms with Gasteiger partial charge in [0.1, 0.15) is 5.69 Å². The molecule has 0 amide bonds. The van der Waals surface area contributed by atoms with Crippen LogP contribution in [0.5, 0.6) is 0 Å². The van der Waals surface area contributed by atoms with Crippen LogP contribution in [0.1, 0.15) is 36.1 Å². The van der Waals surface area contributed by atoms with E-state index < -0.39 is 6.43 Å². The lowest BCUT2D eigenvalue weighted by Crippen LogP contribution is -2.04. The summed E-state index contributed by atoms with van der Waals surface area (Å²) in [7, 11) is 1.82. The molecule has 26 heavy (non-hydrogen) atoms. The summed E-state index contributed by atoms with van der Waals surface area (Å²) in [5.41, 5.74) is 3.97. The molecule has 3 aromatic heterocycles. The average Bonchev–Trinajstić information content (AvgIpc) is 3.09. The van der Waals surface area contributed by atoms with E-state index >= 15 is 0 Å². The zero-order chi connectivity index (χ0) is 19.0. The molecule has 0 unspecified atom stereocenters. The number of rotatable bonds is 5. The number of aromatic nitrogens is 6. The summed E-state index contributed by atoms with van der Waals surface area (Å²) >= 11 is 0. The van der Waals surface area contributed by atoms with Gasteiger partial charge in [-0.15, -0.1) is 0 Å². The third-order valence-corrected chi connectivity index (χ3v) is 4.39. The fraction of sp³-hybridized carbons (Fsp3) is 0.412. The van der Waals surface area contributed by atoms with Crippen molar-refractivity contribution in [2.75, 3.05) is 5.32 Å². The topological polar surface area (TPSA) is 73.5 Å². The van der Waals surface area contributed by atoms with Gasteiger partial charge in [0.2, 0.25) is 5.95 Å². The Morgan fingerprint density at radius 3 is 2.42 bits per heavy atom. The number of nitrogens with one attached hydrogen (secondary N) is 1. The van der Waals surface area contributed by atoms with E-state index in [2.05, 4.69) is 25.5 Å². The van der Waals surface area contributed by atoms with Crippen molar-refractivity contribution in [2.24, 2.45) is 7.05 Å². The molecule has 9 heteroatoms. The quantitative estimate of drug-likeness (QED) is 0.750. The van der Waals surface area contributed by atoms with Gasteiger partial charge in [-0.05, 0) is 33.8 Å². The summed E-state index contributed by atoms with van der Waals surface area (Å²) in [5.74, 6) is 0.112. The lowest BCUT2D eigenvalue weighted by atomic mass is 10.1. The fourth-order valence-electron chi connectivity index (χ4n) is 2.85. The van der Waals surface area contributed by atoms with Crippen LogP contribution in [-0.2, 0) is 13.6 Å². The van der Waals surface area contributed by atoms with E-state index in [0.717, 1.165) is 17.1 Å². The van der Waals surface area contributed by atoms with E-state index in [1.807, 2.05) is 34.7 Å². The molecule has 3 rings (SSSR count). The predicted molar refractivity (Wildman–Crippen MR) is 94.6 cm³/mol. The van der Waals surface area contributed by atoms with Gasteiger partial charge < -0.3 is 5.32 Å². The molecular formula is C17H21F2N7. The number of halogens is 2. The Bertz CT molecular complexity index is 943. The molecule has 0 radical (unpaired) electrons. The van der Waals surface area contributed by atoms with Gasteiger partial charge in [0.05, 0.1) is 29.0 Å².